The highest BCUT2D eigenvalue weighted by molar-refractivity contribution is 5.78. The Morgan fingerprint density at radius 1 is 1.26 bits per heavy atom. The third kappa shape index (κ3) is 2.13. The maximum atomic E-state index is 5.74. The summed E-state index contributed by atoms with van der Waals surface area (Å²) >= 11 is 0. The van der Waals surface area contributed by atoms with Crippen LogP contribution in [0.5, 0.6) is 0 Å². The maximum Gasteiger partial charge on any atom is 0.298 e. The number of oxazole rings is 1. The third-order valence-electron chi connectivity index (χ3n) is 3.49. The lowest BCUT2D eigenvalue weighted by Gasteiger charge is -2.13. The molecular weight excluding hydrogens is 246 g/mol. The molecule has 1 aromatic heterocycles. The van der Waals surface area contributed by atoms with Crippen LogP contribution in [0.15, 0.2) is 22.6 Å². The second-order valence-electron chi connectivity index (χ2n) is 4.68. The Labute approximate surface area is 111 Å². The number of benzene rings is 1. The van der Waals surface area contributed by atoms with Crippen LogP contribution in [0.25, 0.3) is 11.1 Å². The van der Waals surface area contributed by atoms with Gasteiger partial charge in [-0.05, 0) is 18.2 Å². The Morgan fingerprint density at radius 2 is 1.95 bits per heavy atom. The summed E-state index contributed by atoms with van der Waals surface area (Å²) in [5, 5.41) is 0. The minimum Gasteiger partial charge on any atom is -0.423 e. The quantitative estimate of drug-likeness (QED) is 0.840. The van der Waals surface area contributed by atoms with Gasteiger partial charge >= 0.3 is 0 Å². The summed E-state index contributed by atoms with van der Waals surface area (Å²) in [7, 11) is 3.37. The molecule has 2 unspecified atom stereocenters. The van der Waals surface area contributed by atoms with Gasteiger partial charge in [0.15, 0.2) is 5.58 Å². The monoisotopic (exact) mass is 263 g/mol. The minimum atomic E-state index is 0.0325. The van der Waals surface area contributed by atoms with Crippen molar-refractivity contribution < 1.29 is 13.9 Å². The second-order valence-corrected chi connectivity index (χ2v) is 4.68. The highest BCUT2D eigenvalue weighted by Crippen LogP contribution is 2.27. The molecule has 2 N–H and O–H groups in total. The maximum absolute atomic E-state index is 5.74. The third-order valence-corrected chi connectivity index (χ3v) is 3.49. The topological polar surface area (TPSA) is 73.8 Å². The van der Waals surface area contributed by atoms with Crippen LogP contribution in [0.2, 0.25) is 0 Å². The predicted molar refractivity (Wildman–Crippen MR) is 72.2 cm³/mol. The van der Waals surface area contributed by atoms with E-state index in [1.165, 1.54) is 0 Å². The highest BCUT2D eigenvalue weighted by atomic mass is 16.5. The first kappa shape index (κ1) is 12.3. The number of hydrogen-bond acceptors (Lipinski definition) is 6. The fraction of sp³-hybridized carbons (Fsp3) is 0.462. The number of aromatic nitrogens is 1. The summed E-state index contributed by atoms with van der Waals surface area (Å²) < 4.78 is 16.5. The van der Waals surface area contributed by atoms with E-state index < -0.39 is 0 Å². The van der Waals surface area contributed by atoms with Crippen LogP contribution in [0.4, 0.5) is 11.7 Å². The van der Waals surface area contributed by atoms with Gasteiger partial charge in [-0.2, -0.15) is 4.98 Å². The number of hydrogen-bond donors (Lipinski definition) is 1. The predicted octanol–water partition coefficient (Wildman–Crippen LogP) is 1.26. The zero-order chi connectivity index (χ0) is 13.4. The Kier molecular flexibility index (Phi) is 3.04. The lowest BCUT2D eigenvalue weighted by Crippen LogP contribution is -2.27. The van der Waals surface area contributed by atoms with E-state index in [1.807, 2.05) is 11.0 Å². The second kappa shape index (κ2) is 4.71. The van der Waals surface area contributed by atoms with Gasteiger partial charge in [-0.3, -0.25) is 0 Å². The van der Waals surface area contributed by atoms with E-state index in [-0.39, 0.29) is 12.2 Å². The molecule has 2 aromatic rings. The number of nitrogens with zero attached hydrogens (tertiary/aromatic N) is 2. The lowest BCUT2D eigenvalue weighted by atomic mass is 10.3. The Hall–Kier alpha value is -1.79. The summed E-state index contributed by atoms with van der Waals surface area (Å²) in [5.74, 6) is 0. The SMILES string of the molecule is COC1CN(c2nc3cc(N)ccc3o2)CC1OC. The molecule has 1 aromatic carbocycles. The molecule has 6 nitrogen and oxygen atoms in total. The van der Waals surface area contributed by atoms with Crippen molar-refractivity contribution in [3.63, 3.8) is 0 Å². The van der Waals surface area contributed by atoms with Crippen LogP contribution in [-0.4, -0.2) is 44.5 Å². The number of nitrogen functional groups attached to an aromatic ring is 1. The molecule has 2 atom stereocenters. The van der Waals surface area contributed by atoms with E-state index >= 15 is 0 Å². The van der Waals surface area contributed by atoms with Crippen LogP contribution in [0.1, 0.15) is 0 Å². The smallest absolute Gasteiger partial charge is 0.298 e. The molecule has 0 saturated carbocycles. The zero-order valence-corrected chi connectivity index (χ0v) is 11.0. The fourth-order valence-electron chi connectivity index (χ4n) is 2.42. The Morgan fingerprint density at radius 3 is 2.58 bits per heavy atom. The van der Waals surface area contributed by atoms with Crippen LogP contribution >= 0.6 is 0 Å². The molecule has 1 fully saturated rings. The van der Waals surface area contributed by atoms with Gasteiger partial charge in [-0.25, -0.2) is 0 Å². The van der Waals surface area contributed by atoms with Crippen molar-refractivity contribution in [1.82, 2.24) is 4.98 Å². The van der Waals surface area contributed by atoms with Gasteiger partial charge in [-0.1, -0.05) is 0 Å². The van der Waals surface area contributed by atoms with Gasteiger partial charge in [0, 0.05) is 19.9 Å². The number of ether oxygens (including phenoxy) is 2. The van der Waals surface area contributed by atoms with Crippen LogP contribution < -0.4 is 10.6 Å². The molecule has 6 heteroatoms. The molecule has 1 aliphatic heterocycles. The largest absolute Gasteiger partial charge is 0.423 e. The molecule has 0 amide bonds. The first-order valence-electron chi connectivity index (χ1n) is 6.18. The Bertz CT molecular complexity index is 572. The number of anilines is 2. The number of nitrogens with two attached hydrogens (primary N) is 1. The molecule has 0 aliphatic carbocycles. The molecule has 0 spiro atoms. The summed E-state index contributed by atoms with van der Waals surface area (Å²) in [6, 6.07) is 6.03. The van der Waals surface area contributed by atoms with Crippen LogP contribution in [0, 0.1) is 0 Å². The van der Waals surface area contributed by atoms with Crippen LogP contribution in [0.3, 0.4) is 0 Å². The molecule has 2 heterocycles. The average Bonchev–Trinajstić information content (AvgIpc) is 3.00. The molecule has 102 valence electrons. The normalized spacial score (nSPS) is 23.4. The van der Waals surface area contributed by atoms with E-state index in [2.05, 4.69) is 4.98 Å². The van der Waals surface area contributed by atoms with E-state index in [1.54, 1.807) is 26.4 Å². The zero-order valence-electron chi connectivity index (χ0n) is 11.0. The summed E-state index contributed by atoms with van der Waals surface area (Å²) in [4.78, 5) is 6.49. The van der Waals surface area contributed by atoms with Crippen molar-refractivity contribution in [2.24, 2.45) is 0 Å². The summed E-state index contributed by atoms with van der Waals surface area (Å²) in [6.07, 6.45) is 0.0650. The summed E-state index contributed by atoms with van der Waals surface area (Å²) in [6.45, 7) is 1.41. The van der Waals surface area contributed by atoms with Gasteiger partial charge in [-0.15, -0.1) is 0 Å². The molecule has 19 heavy (non-hydrogen) atoms. The standard InChI is InChI=1S/C13H17N3O3/c1-17-11-6-16(7-12(11)18-2)13-15-9-5-8(14)3-4-10(9)19-13/h3-5,11-12H,6-7,14H2,1-2H3. The molecule has 0 bridgehead atoms. The van der Waals surface area contributed by atoms with Crippen molar-refractivity contribution >= 4 is 22.8 Å². The molecule has 1 saturated heterocycles. The van der Waals surface area contributed by atoms with Crippen molar-refractivity contribution in [2.45, 2.75) is 12.2 Å². The first-order valence-corrected chi connectivity index (χ1v) is 6.18. The molecule has 3 rings (SSSR count). The van der Waals surface area contributed by atoms with Crippen molar-refractivity contribution in [1.29, 1.82) is 0 Å². The molecule has 1 aliphatic rings. The van der Waals surface area contributed by atoms with Gasteiger partial charge < -0.3 is 24.5 Å². The van der Waals surface area contributed by atoms with Gasteiger partial charge in [0.1, 0.15) is 17.7 Å². The van der Waals surface area contributed by atoms with Gasteiger partial charge in [0.25, 0.3) is 6.01 Å². The van der Waals surface area contributed by atoms with Crippen molar-refractivity contribution in [2.75, 3.05) is 37.9 Å². The van der Waals surface area contributed by atoms with E-state index in [9.17, 15) is 0 Å². The summed E-state index contributed by atoms with van der Waals surface area (Å²) in [5.41, 5.74) is 7.92. The van der Waals surface area contributed by atoms with Gasteiger partial charge in [0.05, 0.1) is 13.1 Å². The number of methoxy groups -OCH3 is 2. The first-order chi connectivity index (χ1) is 9.21. The molecular formula is C13H17N3O3. The van der Waals surface area contributed by atoms with E-state index in [0.717, 1.165) is 11.1 Å². The highest BCUT2D eigenvalue weighted by Gasteiger charge is 2.35. The van der Waals surface area contributed by atoms with E-state index in [0.29, 0.717) is 24.8 Å². The number of fused-ring (bicyclic) bond motifs is 1. The Balaban J connectivity index is 1.88. The van der Waals surface area contributed by atoms with Crippen molar-refractivity contribution in [3.05, 3.63) is 18.2 Å². The number of rotatable bonds is 3. The molecule has 0 radical (unpaired) electrons. The van der Waals surface area contributed by atoms with E-state index in [4.69, 9.17) is 19.6 Å². The van der Waals surface area contributed by atoms with Crippen LogP contribution in [-0.2, 0) is 9.47 Å². The average molecular weight is 263 g/mol. The van der Waals surface area contributed by atoms with Gasteiger partial charge in [0.2, 0.25) is 0 Å². The minimum absolute atomic E-state index is 0.0325. The fourth-order valence-corrected chi connectivity index (χ4v) is 2.42. The lowest BCUT2D eigenvalue weighted by molar-refractivity contribution is -0.00461. The van der Waals surface area contributed by atoms with Crippen molar-refractivity contribution in [3.8, 4) is 0 Å².